The average molecular weight is 302 g/mol. The van der Waals surface area contributed by atoms with Gasteiger partial charge in [-0.2, -0.15) is 8.78 Å². The van der Waals surface area contributed by atoms with Crippen molar-refractivity contribution in [3.63, 3.8) is 0 Å². The molecular formula is C14H20F2N2O3. The number of ether oxygens (including phenoxy) is 2. The highest BCUT2D eigenvalue weighted by molar-refractivity contribution is 5.79. The lowest BCUT2D eigenvalue weighted by Gasteiger charge is -2.16. The first-order valence-electron chi connectivity index (χ1n) is 6.61. The monoisotopic (exact) mass is 302 g/mol. The maximum absolute atomic E-state index is 12.4. The fourth-order valence-corrected chi connectivity index (χ4v) is 1.92. The molecule has 0 aliphatic heterocycles. The Kier molecular flexibility index (Phi) is 6.87. The predicted octanol–water partition coefficient (Wildman–Crippen LogP) is 1.55. The minimum Gasteiger partial charge on any atom is -0.493 e. The Hall–Kier alpha value is -1.89. The molecule has 1 aromatic carbocycles. The molecule has 21 heavy (non-hydrogen) atoms. The second-order valence-electron chi connectivity index (χ2n) is 4.40. The van der Waals surface area contributed by atoms with E-state index in [2.05, 4.69) is 10.1 Å². The van der Waals surface area contributed by atoms with E-state index in [1.165, 1.54) is 19.2 Å². The van der Waals surface area contributed by atoms with Crippen LogP contribution < -0.4 is 20.5 Å². The third-order valence-electron chi connectivity index (χ3n) is 2.93. The molecule has 1 rings (SSSR count). The van der Waals surface area contributed by atoms with Crippen LogP contribution in [-0.2, 0) is 11.2 Å². The van der Waals surface area contributed by atoms with Crippen LogP contribution in [-0.4, -0.2) is 32.7 Å². The number of amides is 1. The molecule has 0 saturated carbocycles. The van der Waals surface area contributed by atoms with Gasteiger partial charge in [-0.15, -0.1) is 0 Å². The molecule has 3 N–H and O–H groups in total. The lowest BCUT2D eigenvalue weighted by atomic mass is 9.98. The third kappa shape index (κ3) is 5.18. The molecule has 5 nitrogen and oxygen atoms in total. The Bertz CT molecular complexity index is 470. The summed E-state index contributed by atoms with van der Waals surface area (Å²) in [5.74, 6) is -0.428. The number of methoxy groups -OCH3 is 1. The summed E-state index contributed by atoms with van der Waals surface area (Å²) in [4.78, 5) is 11.8. The van der Waals surface area contributed by atoms with Crippen LogP contribution in [0.5, 0.6) is 11.5 Å². The number of nitrogens with one attached hydrogen (secondary N) is 1. The normalized spacial score (nSPS) is 12.1. The molecule has 0 aromatic heterocycles. The maximum atomic E-state index is 12.4. The number of rotatable bonds is 8. The van der Waals surface area contributed by atoms with Crippen LogP contribution in [0.3, 0.4) is 0 Å². The number of halogens is 2. The van der Waals surface area contributed by atoms with Crippen molar-refractivity contribution in [1.82, 2.24) is 5.32 Å². The molecule has 0 heterocycles. The molecule has 1 aromatic rings. The molecule has 0 radical (unpaired) electrons. The minimum atomic E-state index is -2.94. The van der Waals surface area contributed by atoms with E-state index < -0.39 is 12.5 Å². The Morgan fingerprint density at radius 3 is 2.62 bits per heavy atom. The lowest BCUT2D eigenvalue weighted by molar-refractivity contribution is -0.124. The molecule has 0 aliphatic rings. The van der Waals surface area contributed by atoms with Gasteiger partial charge in [0.05, 0.1) is 13.0 Å². The summed E-state index contributed by atoms with van der Waals surface area (Å²) in [5.41, 5.74) is 6.26. The molecule has 0 saturated heterocycles. The van der Waals surface area contributed by atoms with Crippen LogP contribution in [0.25, 0.3) is 0 Å². The van der Waals surface area contributed by atoms with Gasteiger partial charge >= 0.3 is 6.61 Å². The van der Waals surface area contributed by atoms with Crippen molar-refractivity contribution >= 4 is 5.91 Å². The smallest absolute Gasteiger partial charge is 0.387 e. The average Bonchev–Trinajstić information content (AvgIpc) is 2.44. The van der Waals surface area contributed by atoms with E-state index in [1.54, 1.807) is 6.07 Å². The molecule has 0 aliphatic carbocycles. The van der Waals surface area contributed by atoms with Crippen LogP contribution in [0.4, 0.5) is 8.78 Å². The Labute approximate surface area is 122 Å². The molecule has 118 valence electrons. The van der Waals surface area contributed by atoms with E-state index in [0.29, 0.717) is 18.5 Å². The van der Waals surface area contributed by atoms with Crippen molar-refractivity contribution in [2.75, 3.05) is 20.2 Å². The number of alkyl halides is 2. The molecule has 0 spiro atoms. The standard InChI is InChI=1S/C14H20F2N2O3/c1-3-18-13(19)10(8-17)6-9-4-5-11(20-2)12(7-9)21-14(15)16/h4-5,7,10,14H,3,6,8,17H2,1-2H3,(H,18,19). The number of carbonyl (C=O) groups is 1. The van der Waals surface area contributed by atoms with E-state index in [9.17, 15) is 13.6 Å². The minimum absolute atomic E-state index is 0.0586. The van der Waals surface area contributed by atoms with Gasteiger partial charge in [-0.05, 0) is 31.0 Å². The van der Waals surface area contributed by atoms with E-state index in [4.69, 9.17) is 10.5 Å². The Morgan fingerprint density at radius 2 is 2.10 bits per heavy atom. The molecule has 1 atom stereocenters. The highest BCUT2D eigenvalue weighted by atomic mass is 19.3. The first kappa shape index (κ1) is 17.2. The van der Waals surface area contributed by atoms with Gasteiger partial charge < -0.3 is 20.5 Å². The van der Waals surface area contributed by atoms with Gasteiger partial charge in [0, 0.05) is 13.1 Å². The third-order valence-corrected chi connectivity index (χ3v) is 2.93. The highest BCUT2D eigenvalue weighted by Gasteiger charge is 2.18. The molecule has 1 unspecified atom stereocenters. The van der Waals surface area contributed by atoms with Crippen LogP contribution in [0, 0.1) is 5.92 Å². The number of nitrogens with two attached hydrogens (primary N) is 1. The largest absolute Gasteiger partial charge is 0.493 e. The van der Waals surface area contributed by atoms with Crippen molar-refractivity contribution in [2.45, 2.75) is 20.0 Å². The topological polar surface area (TPSA) is 73.6 Å². The summed E-state index contributed by atoms with van der Waals surface area (Å²) in [6.07, 6.45) is 0.339. The van der Waals surface area contributed by atoms with Crippen LogP contribution in [0.15, 0.2) is 18.2 Å². The van der Waals surface area contributed by atoms with Gasteiger partial charge in [0.15, 0.2) is 11.5 Å². The molecular weight excluding hydrogens is 282 g/mol. The first-order chi connectivity index (χ1) is 10.0. The first-order valence-corrected chi connectivity index (χ1v) is 6.61. The van der Waals surface area contributed by atoms with Gasteiger partial charge in [0.25, 0.3) is 0 Å². The van der Waals surface area contributed by atoms with Gasteiger partial charge in [-0.3, -0.25) is 4.79 Å². The van der Waals surface area contributed by atoms with Crippen LogP contribution in [0.1, 0.15) is 12.5 Å². The number of hydrogen-bond acceptors (Lipinski definition) is 4. The van der Waals surface area contributed by atoms with E-state index in [1.807, 2.05) is 6.92 Å². The second kappa shape index (κ2) is 8.41. The van der Waals surface area contributed by atoms with Crippen LogP contribution in [0.2, 0.25) is 0 Å². The van der Waals surface area contributed by atoms with Gasteiger partial charge in [-0.1, -0.05) is 6.07 Å². The summed E-state index contributed by atoms with van der Waals surface area (Å²) in [7, 11) is 1.37. The van der Waals surface area contributed by atoms with Crippen molar-refractivity contribution in [3.8, 4) is 11.5 Å². The van der Waals surface area contributed by atoms with E-state index in [0.717, 1.165) is 0 Å². The molecule has 7 heteroatoms. The Morgan fingerprint density at radius 1 is 1.38 bits per heavy atom. The summed E-state index contributed by atoms with van der Waals surface area (Å²) in [5, 5.41) is 2.69. The van der Waals surface area contributed by atoms with Crippen molar-refractivity contribution in [2.24, 2.45) is 11.7 Å². The van der Waals surface area contributed by atoms with Gasteiger partial charge in [0.2, 0.25) is 5.91 Å². The second-order valence-corrected chi connectivity index (χ2v) is 4.40. The SMILES string of the molecule is CCNC(=O)C(CN)Cc1ccc(OC)c(OC(F)F)c1. The fraction of sp³-hybridized carbons (Fsp3) is 0.500. The van der Waals surface area contributed by atoms with Gasteiger partial charge in [0.1, 0.15) is 0 Å². The van der Waals surface area contributed by atoms with Crippen LogP contribution >= 0.6 is 0 Å². The predicted molar refractivity (Wildman–Crippen MR) is 74.6 cm³/mol. The van der Waals surface area contributed by atoms with Crippen molar-refractivity contribution in [1.29, 1.82) is 0 Å². The lowest BCUT2D eigenvalue weighted by Crippen LogP contribution is -2.36. The van der Waals surface area contributed by atoms with E-state index in [-0.39, 0.29) is 24.0 Å². The molecule has 1 amide bonds. The van der Waals surface area contributed by atoms with Crippen molar-refractivity contribution < 1.29 is 23.0 Å². The molecule has 0 fully saturated rings. The number of hydrogen-bond donors (Lipinski definition) is 2. The number of benzene rings is 1. The van der Waals surface area contributed by atoms with Gasteiger partial charge in [-0.25, -0.2) is 0 Å². The fourth-order valence-electron chi connectivity index (χ4n) is 1.92. The summed E-state index contributed by atoms with van der Waals surface area (Å²) < 4.78 is 34.1. The zero-order valence-corrected chi connectivity index (χ0v) is 12.1. The number of carbonyl (C=O) groups excluding carboxylic acids is 1. The quantitative estimate of drug-likeness (QED) is 0.764. The zero-order chi connectivity index (χ0) is 15.8. The summed E-state index contributed by atoms with van der Waals surface area (Å²) in [6.45, 7) is -0.448. The Balaban J connectivity index is 2.89. The molecule has 0 bridgehead atoms. The summed E-state index contributed by atoms with van der Waals surface area (Å²) in [6, 6.07) is 4.66. The maximum Gasteiger partial charge on any atom is 0.387 e. The van der Waals surface area contributed by atoms with Crippen molar-refractivity contribution in [3.05, 3.63) is 23.8 Å². The van der Waals surface area contributed by atoms with E-state index >= 15 is 0 Å². The summed E-state index contributed by atoms with van der Waals surface area (Å²) >= 11 is 0. The zero-order valence-electron chi connectivity index (χ0n) is 12.1. The highest BCUT2D eigenvalue weighted by Crippen LogP contribution is 2.30.